The molecule has 1 amide bonds. The minimum atomic E-state index is -0.147. The first-order valence-electron chi connectivity index (χ1n) is 9.46. The Balaban J connectivity index is 1.70. The summed E-state index contributed by atoms with van der Waals surface area (Å²) in [5.74, 6) is 0.599. The lowest BCUT2D eigenvalue weighted by atomic mass is 10.1. The minimum Gasteiger partial charge on any atom is -0.322 e. The van der Waals surface area contributed by atoms with Gasteiger partial charge in [0, 0.05) is 29.7 Å². The van der Waals surface area contributed by atoms with Crippen molar-refractivity contribution in [1.29, 1.82) is 0 Å². The first-order valence-corrected chi connectivity index (χ1v) is 9.46. The normalized spacial score (nSPS) is 10.9. The molecule has 6 heteroatoms. The Hall–Kier alpha value is -3.67. The van der Waals surface area contributed by atoms with E-state index in [-0.39, 0.29) is 5.91 Å². The monoisotopic (exact) mass is 385 g/mol. The number of aromatic nitrogens is 4. The van der Waals surface area contributed by atoms with Gasteiger partial charge >= 0.3 is 0 Å². The van der Waals surface area contributed by atoms with Crippen LogP contribution in [0.4, 0.5) is 5.69 Å². The van der Waals surface area contributed by atoms with Gasteiger partial charge in [-0.25, -0.2) is 0 Å². The summed E-state index contributed by atoms with van der Waals surface area (Å²) in [5.41, 5.74) is 6.32. The first kappa shape index (κ1) is 18.7. The fourth-order valence-electron chi connectivity index (χ4n) is 3.55. The Kier molecular flexibility index (Phi) is 4.76. The number of nitrogens with one attached hydrogen (secondary N) is 1. The van der Waals surface area contributed by atoms with E-state index in [0.29, 0.717) is 11.3 Å². The Morgan fingerprint density at radius 2 is 1.72 bits per heavy atom. The zero-order valence-corrected chi connectivity index (χ0v) is 17.0. The van der Waals surface area contributed by atoms with Crippen molar-refractivity contribution in [3.8, 4) is 17.1 Å². The van der Waals surface area contributed by atoms with Gasteiger partial charge in [-0.05, 0) is 57.2 Å². The van der Waals surface area contributed by atoms with E-state index in [1.54, 1.807) is 6.33 Å². The summed E-state index contributed by atoms with van der Waals surface area (Å²) in [6, 6.07) is 17.7. The Labute approximate surface area is 169 Å². The molecular weight excluding hydrogens is 362 g/mol. The highest BCUT2D eigenvalue weighted by Crippen LogP contribution is 2.24. The summed E-state index contributed by atoms with van der Waals surface area (Å²) in [5, 5.41) is 11.1. The molecule has 0 radical (unpaired) electrons. The Morgan fingerprint density at radius 1 is 0.966 bits per heavy atom. The summed E-state index contributed by atoms with van der Waals surface area (Å²) in [6.45, 7) is 6.07. The van der Waals surface area contributed by atoms with E-state index in [2.05, 4.69) is 32.2 Å². The van der Waals surface area contributed by atoms with Crippen LogP contribution < -0.4 is 5.32 Å². The van der Waals surface area contributed by atoms with Crippen molar-refractivity contribution in [2.75, 3.05) is 5.32 Å². The first-order chi connectivity index (χ1) is 13.9. The van der Waals surface area contributed by atoms with Crippen molar-refractivity contribution in [1.82, 2.24) is 19.3 Å². The zero-order chi connectivity index (χ0) is 20.5. The number of anilines is 1. The molecule has 0 atom stereocenters. The fraction of sp³-hybridized carbons (Fsp3) is 0.174. The average Bonchev–Trinajstić information content (AvgIpc) is 3.27. The summed E-state index contributed by atoms with van der Waals surface area (Å²) in [4.78, 5) is 13.2. The summed E-state index contributed by atoms with van der Waals surface area (Å²) in [6.07, 6.45) is 1.65. The quantitative estimate of drug-likeness (QED) is 0.564. The molecule has 0 fully saturated rings. The number of benzene rings is 2. The van der Waals surface area contributed by atoms with Crippen molar-refractivity contribution in [3.05, 3.63) is 83.4 Å². The maximum absolute atomic E-state index is 13.2. The second-order valence-electron chi connectivity index (χ2n) is 7.27. The molecular formula is C23H23N5O. The second-order valence-corrected chi connectivity index (χ2v) is 7.27. The van der Waals surface area contributed by atoms with Gasteiger partial charge < -0.3 is 14.5 Å². The van der Waals surface area contributed by atoms with Gasteiger partial charge in [0.15, 0.2) is 5.82 Å². The molecule has 0 aliphatic heterocycles. The SMILES string of the molecule is Cc1ccc(-n2c(C)ccc2C)c(C(=O)Nc2cccc(-c3nncn3C)c2)c1. The number of nitrogens with zero attached hydrogens (tertiary/aromatic N) is 4. The van der Waals surface area contributed by atoms with Crippen LogP contribution in [0.25, 0.3) is 17.1 Å². The highest BCUT2D eigenvalue weighted by atomic mass is 16.1. The summed E-state index contributed by atoms with van der Waals surface area (Å²) < 4.78 is 3.95. The molecule has 0 aliphatic rings. The summed E-state index contributed by atoms with van der Waals surface area (Å²) >= 11 is 0. The lowest BCUT2D eigenvalue weighted by molar-refractivity contribution is 0.102. The van der Waals surface area contributed by atoms with Gasteiger partial charge in [-0.15, -0.1) is 10.2 Å². The predicted molar refractivity (Wildman–Crippen MR) is 114 cm³/mol. The van der Waals surface area contributed by atoms with E-state index in [9.17, 15) is 4.79 Å². The third kappa shape index (κ3) is 3.57. The van der Waals surface area contributed by atoms with E-state index in [4.69, 9.17) is 0 Å². The van der Waals surface area contributed by atoms with Gasteiger partial charge in [0.2, 0.25) is 0 Å². The molecule has 0 saturated carbocycles. The highest BCUT2D eigenvalue weighted by molar-refractivity contribution is 6.07. The maximum Gasteiger partial charge on any atom is 0.257 e. The number of rotatable bonds is 4. The van der Waals surface area contributed by atoms with Crippen LogP contribution in [0.3, 0.4) is 0 Å². The molecule has 2 heterocycles. The van der Waals surface area contributed by atoms with Crippen molar-refractivity contribution in [2.24, 2.45) is 7.05 Å². The van der Waals surface area contributed by atoms with Crippen LogP contribution in [-0.2, 0) is 7.05 Å². The fourth-order valence-corrected chi connectivity index (χ4v) is 3.55. The van der Waals surface area contributed by atoms with E-state index in [1.807, 2.05) is 74.9 Å². The number of amides is 1. The number of hydrogen-bond donors (Lipinski definition) is 1. The van der Waals surface area contributed by atoms with E-state index in [1.165, 1.54) is 0 Å². The molecule has 2 aromatic carbocycles. The van der Waals surface area contributed by atoms with Crippen molar-refractivity contribution in [3.63, 3.8) is 0 Å². The molecule has 0 spiro atoms. The van der Waals surface area contributed by atoms with Crippen LogP contribution in [0.15, 0.2) is 60.9 Å². The van der Waals surface area contributed by atoms with Gasteiger partial charge in [0.05, 0.1) is 11.3 Å². The molecule has 6 nitrogen and oxygen atoms in total. The van der Waals surface area contributed by atoms with Gasteiger partial charge in [-0.2, -0.15) is 0 Å². The summed E-state index contributed by atoms with van der Waals surface area (Å²) in [7, 11) is 1.89. The van der Waals surface area contributed by atoms with Gasteiger partial charge in [0.25, 0.3) is 5.91 Å². The lowest BCUT2D eigenvalue weighted by Crippen LogP contribution is -2.16. The predicted octanol–water partition coefficient (Wildman–Crippen LogP) is 4.45. The van der Waals surface area contributed by atoms with Crippen LogP contribution in [0.2, 0.25) is 0 Å². The van der Waals surface area contributed by atoms with Crippen LogP contribution in [0, 0.1) is 20.8 Å². The lowest BCUT2D eigenvalue weighted by Gasteiger charge is -2.16. The molecule has 0 bridgehead atoms. The van der Waals surface area contributed by atoms with Crippen molar-refractivity contribution in [2.45, 2.75) is 20.8 Å². The topological polar surface area (TPSA) is 64.7 Å². The smallest absolute Gasteiger partial charge is 0.257 e. The number of aryl methyl sites for hydroxylation is 4. The van der Waals surface area contributed by atoms with Crippen LogP contribution in [0.1, 0.15) is 27.3 Å². The van der Waals surface area contributed by atoms with Crippen LogP contribution >= 0.6 is 0 Å². The molecule has 0 saturated heterocycles. The molecule has 146 valence electrons. The zero-order valence-electron chi connectivity index (χ0n) is 17.0. The molecule has 0 aliphatic carbocycles. The molecule has 2 aromatic heterocycles. The van der Waals surface area contributed by atoms with Gasteiger partial charge in [-0.3, -0.25) is 4.79 Å². The van der Waals surface area contributed by atoms with E-state index in [0.717, 1.165) is 34.0 Å². The molecule has 4 aromatic rings. The average molecular weight is 385 g/mol. The number of carbonyl (C=O) groups is 1. The largest absolute Gasteiger partial charge is 0.322 e. The standard InChI is InChI=1S/C23H23N5O/c1-15-8-11-21(28-16(2)9-10-17(28)3)20(12-15)23(29)25-19-7-5-6-18(13-19)22-26-24-14-27(22)4/h5-14H,1-4H3,(H,25,29). The van der Waals surface area contributed by atoms with Crippen LogP contribution in [-0.4, -0.2) is 25.2 Å². The van der Waals surface area contributed by atoms with Crippen molar-refractivity contribution >= 4 is 11.6 Å². The molecule has 4 rings (SSSR count). The van der Waals surface area contributed by atoms with Gasteiger partial charge in [0.1, 0.15) is 6.33 Å². The van der Waals surface area contributed by atoms with Gasteiger partial charge in [-0.1, -0.05) is 23.8 Å². The maximum atomic E-state index is 13.2. The third-order valence-electron chi connectivity index (χ3n) is 5.00. The molecule has 29 heavy (non-hydrogen) atoms. The second kappa shape index (κ2) is 7.39. The molecule has 1 N–H and O–H groups in total. The number of carbonyl (C=O) groups excluding carboxylic acids is 1. The number of hydrogen-bond acceptors (Lipinski definition) is 3. The third-order valence-corrected chi connectivity index (χ3v) is 5.00. The van der Waals surface area contributed by atoms with E-state index < -0.39 is 0 Å². The highest BCUT2D eigenvalue weighted by Gasteiger charge is 2.16. The van der Waals surface area contributed by atoms with E-state index >= 15 is 0 Å². The Bertz CT molecular complexity index is 1180. The van der Waals surface area contributed by atoms with Crippen molar-refractivity contribution < 1.29 is 4.79 Å². The van der Waals surface area contributed by atoms with Crippen LogP contribution in [0.5, 0.6) is 0 Å². The molecule has 0 unspecified atom stereocenters. The Morgan fingerprint density at radius 3 is 2.41 bits per heavy atom. The minimum absolute atomic E-state index is 0.147.